The number of nitrogens with zero attached hydrogens (tertiary/aromatic N) is 3. The van der Waals surface area contributed by atoms with Crippen molar-refractivity contribution in [3.8, 4) is 6.01 Å². The monoisotopic (exact) mass is 278 g/mol. The van der Waals surface area contributed by atoms with Gasteiger partial charge < -0.3 is 14.5 Å². The second kappa shape index (κ2) is 6.20. The van der Waals surface area contributed by atoms with E-state index in [1.165, 1.54) is 0 Å². The summed E-state index contributed by atoms with van der Waals surface area (Å²) in [6.45, 7) is 6.14. The zero-order valence-electron chi connectivity index (χ0n) is 11.7. The Hall–Kier alpha value is -2.35. The maximum Gasteiger partial charge on any atom is 0.323 e. The van der Waals surface area contributed by atoms with E-state index in [1.54, 1.807) is 0 Å². The number of hydrogen-bond acceptors (Lipinski definition) is 8. The summed E-state index contributed by atoms with van der Waals surface area (Å²) < 4.78 is 10.8. The van der Waals surface area contributed by atoms with E-state index in [2.05, 4.69) is 25.7 Å². The van der Waals surface area contributed by atoms with Gasteiger partial charge in [0.25, 0.3) is 0 Å². The highest BCUT2D eigenvalue weighted by molar-refractivity contribution is 5.36. The van der Waals surface area contributed by atoms with Crippen LogP contribution in [0.3, 0.4) is 0 Å². The Labute approximate surface area is 116 Å². The molecule has 2 rings (SSSR count). The average molecular weight is 278 g/mol. The molecule has 0 saturated heterocycles. The highest BCUT2D eigenvalue weighted by atomic mass is 16.5. The number of ether oxygens (including phenoxy) is 1. The van der Waals surface area contributed by atoms with Gasteiger partial charge in [-0.1, -0.05) is 0 Å². The standard InChI is InChI=1S/C12H18N6O2/c1-4-19-12-16-10(15-11(17-12)18-13)14-8(3)9-6-5-7(2)20-9/h5-6,8H,4,13H2,1-3H3,(H2,14,15,16,17,18). The van der Waals surface area contributed by atoms with E-state index in [-0.39, 0.29) is 18.0 Å². The van der Waals surface area contributed by atoms with Crippen molar-refractivity contribution in [1.82, 2.24) is 15.0 Å². The smallest absolute Gasteiger partial charge is 0.323 e. The van der Waals surface area contributed by atoms with Gasteiger partial charge in [0.05, 0.1) is 12.6 Å². The largest absolute Gasteiger partial charge is 0.464 e. The Morgan fingerprint density at radius 1 is 1.30 bits per heavy atom. The molecule has 0 radical (unpaired) electrons. The van der Waals surface area contributed by atoms with Crippen LogP contribution in [-0.4, -0.2) is 21.6 Å². The van der Waals surface area contributed by atoms with E-state index in [9.17, 15) is 0 Å². The minimum absolute atomic E-state index is 0.0915. The van der Waals surface area contributed by atoms with Gasteiger partial charge in [-0.15, -0.1) is 0 Å². The predicted octanol–water partition coefficient (Wildman–Crippen LogP) is 1.63. The molecule has 108 valence electrons. The molecule has 0 bridgehead atoms. The number of hydrogen-bond donors (Lipinski definition) is 3. The van der Waals surface area contributed by atoms with Gasteiger partial charge in [-0.05, 0) is 32.9 Å². The summed E-state index contributed by atoms with van der Waals surface area (Å²) in [5.41, 5.74) is 2.38. The van der Waals surface area contributed by atoms with Crippen molar-refractivity contribution in [2.24, 2.45) is 5.84 Å². The fourth-order valence-corrected chi connectivity index (χ4v) is 1.63. The SMILES string of the molecule is CCOc1nc(NN)nc(NC(C)c2ccc(C)o2)n1. The molecule has 4 N–H and O–H groups in total. The molecule has 0 aliphatic carbocycles. The first kappa shape index (κ1) is 14.1. The van der Waals surface area contributed by atoms with Gasteiger partial charge in [0.2, 0.25) is 11.9 Å². The molecule has 0 spiro atoms. The second-order valence-electron chi connectivity index (χ2n) is 4.16. The lowest BCUT2D eigenvalue weighted by Crippen LogP contribution is -2.15. The molecule has 2 aromatic heterocycles. The number of nitrogens with two attached hydrogens (primary N) is 1. The lowest BCUT2D eigenvalue weighted by molar-refractivity contribution is 0.312. The number of nitrogens with one attached hydrogen (secondary N) is 2. The highest BCUT2D eigenvalue weighted by Gasteiger charge is 2.13. The third-order valence-corrected chi connectivity index (χ3v) is 2.55. The van der Waals surface area contributed by atoms with E-state index in [1.807, 2.05) is 32.9 Å². The van der Waals surface area contributed by atoms with Gasteiger partial charge in [-0.3, -0.25) is 5.43 Å². The number of anilines is 2. The van der Waals surface area contributed by atoms with E-state index in [4.69, 9.17) is 15.0 Å². The molecule has 2 heterocycles. The van der Waals surface area contributed by atoms with E-state index >= 15 is 0 Å². The molecular weight excluding hydrogens is 260 g/mol. The van der Waals surface area contributed by atoms with Gasteiger partial charge in [0, 0.05) is 0 Å². The lowest BCUT2D eigenvalue weighted by Gasteiger charge is -2.12. The first-order valence-corrected chi connectivity index (χ1v) is 6.30. The molecule has 8 nitrogen and oxygen atoms in total. The molecule has 1 atom stereocenters. The fourth-order valence-electron chi connectivity index (χ4n) is 1.63. The minimum atomic E-state index is -0.0915. The first-order valence-electron chi connectivity index (χ1n) is 6.30. The third-order valence-electron chi connectivity index (χ3n) is 2.55. The van der Waals surface area contributed by atoms with Crippen molar-refractivity contribution in [2.45, 2.75) is 26.8 Å². The summed E-state index contributed by atoms with van der Waals surface area (Å²) in [6.07, 6.45) is 0. The predicted molar refractivity (Wildman–Crippen MR) is 74.3 cm³/mol. The van der Waals surface area contributed by atoms with Crippen molar-refractivity contribution in [3.63, 3.8) is 0 Å². The molecule has 1 unspecified atom stereocenters. The minimum Gasteiger partial charge on any atom is -0.464 e. The first-order chi connectivity index (χ1) is 9.62. The molecule has 0 aromatic carbocycles. The Kier molecular flexibility index (Phi) is 4.36. The van der Waals surface area contributed by atoms with Gasteiger partial charge >= 0.3 is 6.01 Å². The highest BCUT2D eigenvalue weighted by Crippen LogP contribution is 2.20. The van der Waals surface area contributed by atoms with Crippen LogP contribution in [0.15, 0.2) is 16.5 Å². The van der Waals surface area contributed by atoms with Crippen LogP contribution in [0.4, 0.5) is 11.9 Å². The maximum absolute atomic E-state index is 5.55. The van der Waals surface area contributed by atoms with Crippen molar-refractivity contribution < 1.29 is 9.15 Å². The second-order valence-corrected chi connectivity index (χ2v) is 4.16. The van der Waals surface area contributed by atoms with Gasteiger partial charge in [-0.2, -0.15) is 15.0 Å². The summed E-state index contributed by atoms with van der Waals surface area (Å²) in [5.74, 6) is 7.56. The number of hydrazine groups is 1. The molecule has 0 saturated carbocycles. The number of furan rings is 1. The van der Waals surface area contributed by atoms with Crippen LogP contribution in [0.1, 0.15) is 31.4 Å². The third kappa shape index (κ3) is 3.35. The Bertz CT molecular complexity index is 571. The molecule has 0 aliphatic heterocycles. The van der Waals surface area contributed by atoms with Crippen molar-refractivity contribution in [2.75, 3.05) is 17.3 Å². The van der Waals surface area contributed by atoms with Gasteiger partial charge in [0.1, 0.15) is 11.5 Å². The normalized spacial score (nSPS) is 12.0. The number of rotatable bonds is 6. The Morgan fingerprint density at radius 3 is 2.65 bits per heavy atom. The molecule has 0 amide bonds. The van der Waals surface area contributed by atoms with Crippen LogP contribution in [0.2, 0.25) is 0 Å². The quantitative estimate of drug-likeness (QED) is 0.540. The fraction of sp³-hybridized carbons (Fsp3) is 0.417. The van der Waals surface area contributed by atoms with Crippen LogP contribution in [-0.2, 0) is 0 Å². The average Bonchev–Trinajstić information content (AvgIpc) is 2.85. The Balaban J connectivity index is 2.17. The molecule has 0 fully saturated rings. The molecule has 8 heteroatoms. The summed E-state index contributed by atoms with van der Waals surface area (Å²) in [5, 5.41) is 3.11. The molecule has 0 aliphatic rings. The Morgan fingerprint density at radius 2 is 2.05 bits per heavy atom. The number of aromatic nitrogens is 3. The van der Waals surface area contributed by atoms with Crippen LogP contribution in [0, 0.1) is 6.92 Å². The summed E-state index contributed by atoms with van der Waals surface area (Å²) in [6, 6.07) is 3.92. The van der Waals surface area contributed by atoms with Gasteiger partial charge in [0.15, 0.2) is 0 Å². The van der Waals surface area contributed by atoms with Crippen LogP contribution in [0.5, 0.6) is 6.01 Å². The molecule has 2 aromatic rings. The molecule has 20 heavy (non-hydrogen) atoms. The number of nitrogen functional groups attached to an aromatic ring is 1. The van der Waals surface area contributed by atoms with Crippen molar-refractivity contribution >= 4 is 11.9 Å². The van der Waals surface area contributed by atoms with Crippen LogP contribution >= 0.6 is 0 Å². The summed E-state index contributed by atoms with van der Waals surface area (Å²) in [4.78, 5) is 12.2. The van der Waals surface area contributed by atoms with Gasteiger partial charge in [-0.25, -0.2) is 5.84 Å². The van der Waals surface area contributed by atoms with E-state index in [0.29, 0.717) is 12.6 Å². The number of aryl methyl sites for hydroxylation is 1. The zero-order valence-corrected chi connectivity index (χ0v) is 11.7. The molecular formula is C12H18N6O2. The van der Waals surface area contributed by atoms with E-state index < -0.39 is 0 Å². The maximum atomic E-state index is 5.55. The zero-order chi connectivity index (χ0) is 14.5. The van der Waals surface area contributed by atoms with Crippen LogP contribution in [0.25, 0.3) is 0 Å². The van der Waals surface area contributed by atoms with Crippen molar-refractivity contribution in [1.29, 1.82) is 0 Å². The van der Waals surface area contributed by atoms with Crippen molar-refractivity contribution in [3.05, 3.63) is 23.7 Å². The summed E-state index contributed by atoms with van der Waals surface area (Å²) in [7, 11) is 0. The lowest BCUT2D eigenvalue weighted by atomic mass is 10.2. The van der Waals surface area contributed by atoms with Crippen LogP contribution < -0.4 is 21.3 Å². The topological polar surface area (TPSA) is 111 Å². The van der Waals surface area contributed by atoms with E-state index in [0.717, 1.165) is 11.5 Å². The summed E-state index contributed by atoms with van der Waals surface area (Å²) >= 11 is 0.